The average Bonchev–Trinajstić information content (AvgIpc) is 2.35. The van der Waals surface area contributed by atoms with Crippen LogP contribution >= 0.6 is 23.2 Å². The number of carbonyl (C=O) groups is 1. The van der Waals surface area contributed by atoms with Crippen molar-refractivity contribution in [1.29, 1.82) is 0 Å². The van der Waals surface area contributed by atoms with Crippen LogP contribution in [0.5, 0.6) is 5.88 Å². The average molecular weight is 300 g/mol. The second-order valence-corrected chi connectivity index (χ2v) is 4.88. The van der Waals surface area contributed by atoms with Gasteiger partial charge in [-0.25, -0.2) is 9.97 Å². The summed E-state index contributed by atoms with van der Waals surface area (Å²) in [4.78, 5) is 21.0. The summed E-state index contributed by atoms with van der Waals surface area (Å²) < 4.78 is 5.39. The van der Waals surface area contributed by atoms with Gasteiger partial charge < -0.3 is 9.64 Å². The Bertz CT molecular complexity index is 632. The van der Waals surface area contributed by atoms with Crippen molar-refractivity contribution in [2.75, 3.05) is 20.7 Å². The fraction of sp³-hybridized carbons (Fsp3) is 0.250. The van der Waals surface area contributed by atoms with Gasteiger partial charge in [-0.05, 0) is 12.1 Å². The molecule has 19 heavy (non-hydrogen) atoms. The molecule has 0 aliphatic rings. The van der Waals surface area contributed by atoms with Crippen LogP contribution in [0.25, 0.3) is 10.9 Å². The maximum Gasteiger partial charge on any atom is 0.260 e. The van der Waals surface area contributed by atoms with Gasteiger partial charge in [-0.3, -0.25) is 4.79 Å². The van der Waals surface area contributed by atoms with Gasteiger partial charge in [-0.15, -0.1) is 0 Å². The lowest BCUT2D eigenvalue weighted by molar-refractivity contribution is -0.130. The molecule has 0 N–H and O–H groups in total. The summed E-state index contributed by atoms with van der Waals surface area (Å²) in [6.07, 6.45) is 1.33. The van der Waals surface area contributed by atoms with E-state index >= 15 is 0 Å². The Morgan fingerprint density at radius 2 is 2.05 bits per heavy atom. The van der Waals surface area contributed by atoms with Crippen molar-refractivity contribution >= 4 is 40.0 Å². The van der Waals surface area contributed by atoms with Crippen LogP contribution in [0.2, 0.25) is 10.0 Å². The van der Waals surface area contributed by atoms with Gasteiger partial charge in [0.05, 0.1) is 15.9 Å². The number of benzene rings is 1. The van der Waals surface area contributed by atoms with E-state index in [0.717, 1.165) is 0 Å². The number of hydrogen-bond acceptors (Lipinski definition) is 4. The first-order valence-electron chi connectivity index (χ1n) is 5.41. The van der Waals surface area contributed by atoms with Crippen LogP contribution in [-0.2, 0) is 4.79 Å². The van der Waals surface area contributed by atoms with Crippen molar-refractivity contribution in [2.45, 2.75) is 0 Å². The van der Waals surface area contributed by atoms with Crippen molar-refractivity contribution in [3.63, 3.8) is 0 Å². The molecule has 1 amide bonds. The molecule has 0 aliphatic heterocycles. The number of nitrogens with zero attached hydrogens (tertiary/aromatic N) is 3. The van der Waals surface area contributed by atoms with Gasteiger partial charge in [0.1, 0.15) is 6.33 Å². The molecule has 100 valence electrons. The number of hydrogen-bond donors (Lipinski definition) is 0. The molecule has 0 saturated heterocycles. The van der Waals surface area contributed by atoms with Gasteiger partial charge in [0.25, 0.3) is 5.91 Å². The maximum atomic E-state index is 11.5. The van der Waals surface area contributed by atoms with Gasteiger partial charge in [0, 0.05) is 19.1 Å². The molecule has 0 unspecified atom stereocenters. The first kappa shape index (κ1) is 13.8. The molecule has 1 aromatic heterocycles. The molecule has 0 bridgehead atoms. The third-order valence-electron chi connectivity index (χ3n) is 2.45. The zero-order valence-corrected chi connectivity index (χ0v) is 11.9. The van der Waals surface area contributed by atoms with E-state index < -0.39 is 0 Å². The Morgan fingerprint density at radius 3 is 2.74 bits per heavy atom. The van der Waals surface area contributed by atoms with Crippen LogP contribution in [-0.4, -0.2) is 41.5 Å². The fourth-order valence-electron chi connectivity index (χ4n) is 1.44. The SMILES string of the molecule is CN(C)C(=O)COc1ncnc2c(Cl)cc(Cl)cc12. The topological polar surface area (TPSA) is 55.3 Å². The minimum Gasteiger partial charge on any atom is -0.467 e. The number of ether oxygens (including phenoxy) is 1. The predicted molar refractivity (Wildman–Crippen MR) is 73.7 cm³/mol. The first-order chi connectivity index (χ1) is 8.99. The summed E-state index contributed by atoms with van der Waals surface area (Å²) in [6, 6.07) is 3.24. The summed E-state index contributed by atoms with van der Waals surface area (Å²) in [6.45, 7) is -0.108. The first-order valence-corrected chi connectivity index (χ1v) is 6.17. The van der Waals surface area contributed by atoms with Crippen molar-refractivity contribution in [1.82, 2.24) is 14.9 Å². The summed E-state index contributed by atoms with van der Waals surface area (Å²) in [7, 11) is 3.30. The fourth-order valence-corrected chi connectivity index (χ4v) is 1.99. The van der Waals surface area contributed by atoms with Crippen LogP contribution in [0.4, 0.5) is 0 Å². The number of rotatable bonds is 3. The quantitative estimate of drug-likeness (QED) is 0.873. The smallest absolute Gasteiger partial charge is 0.260 e. The monoisotopic (exact) mass is 299 g/mol. The van der Waals surface area contributed by atoms with Gasteiger partial charge in [-0.1, -0.05) is 23.2 Å². The Labute approximate surface area is 120 Å². The molecular weight excluding hydrogens is 289 g/mol. The molecule has 0 radical (unpaired) electrons. The molecule has 1 aromatic carbocycles. The Balaban J connectivity index is 2.36. The van der Waals surface area contributed by atoms with Crippen LogP contribution < -0.4 is 4.74 Å². The Kier molecular flexibility index (Phi) is 4.07. The highest BCUT2D eigenvalue weighted by Crippen LogP contribution is 2.30. The van der Waals surface area contributed by atoms with Crippen molar-refractivity contribution < 1.29 is 9.53 Å². The van der Waals surface area contributed by atoms with Gasteiger partial charge in [-0.2, -0.15) is 0 Å². The number of likely N-dealkylation sites (N-methyl/N-ethyl adjacent to an activating group) is 1. The Morgan fingerprint density at radius 1 is 1.32 bits per heavy atom. The molecule has 5 nitrogen and oxygen atoms in total. The number of halogens is 2. The van der Waals surface area contributed by atoms with E-state index in [1.165, 1.54) is 11.2 Å². The van der Waals surface area contributed by atoms with Gasteiger partial charge >= 0.3 is 0 Å². The number of fused-ring (bicyclic) bond motifs is 1. The molecule has 0 saturated carbocycles. The minimum absolute atomic E-state index is 0.108. The van der Waals surface area contributed by atoms with E-state index in [4.69, 9.17) is 27.9 Å². The molecule has 0 spiro atoms. The van der Waals surface area contributed by atoms with Crippen LogP contribution in [0.1, 0.15) is 0 Å². The van der Waals surface area contributed by atoms with Gasteiger partial charge in [0.2, 0.25) is 5.88 Å². The Hall–Kier alpha value is -1.59. The summed E-state index contributed by atoms with van der Waals surface area (Å²) in [5.41, 5.74) is 0.536. The predicted octanol–water partition coefficient (Wildman–Crippen LogP) is 2.40. The van der Waals surface area contributed by atoms with E-state index in [9.17, 15) is 4.79 Å². The second kappa shape index (κ2) is 5.59. The molecular formula is C12H11Cl2N3O2. The largest absolute Gasteiger partial charge is 0.467 e. The number of carbonyl (C=O) groups excluding carboxylic acids is 1. The highest BCUT2D eigenvalue weighted by atomic mass is 35.5. The lowest BCUT2D eigenvalue weighted by Crippen LogP contribution is -2.27. The third kappa shape index (κ3) is 3.05. The number of aromatic nitrogens is 2. The number of amides is 1. The second-order valence-electron chi connectivity index (χ2n) is 4.04. The van der Waals surface area contributed by atoms with E-state index in [1.807, 2.05) is 0 Å². The van der Waals surface area contributed by atoms with E-state index in [0.29, 0.717) is 20.9 Å². The molecule has 1 heterocycles. The summed E-state index contributed by atoms with van der Waals surface area (Å²) in [5.74, 6) is 0.115. The lowest BCUT2D eigenvalue weighted by atomic mass is 10.2. The normalized spacial score (nSPS) is 10.5. The molecule has 2 rings (SSSR count). The van der Waals surface area contributed by atoms with Crippen LogP contribution in [0.15, 0.2) is 18.5 Å². The van der Waals surface area contributed by atoms with E-state index in [1.54, 1.807) is 26.2 Å². The molecule has 0 atom stereocenters. The molecule has 0 fully saturated rings. The van der Waals surface area contributed by atoms with Crippen LogP contribution in [0, 0.1) is 0 Å². The molecule has 7 heteroatoms. The van der Waals surface area contributed by atoms with E-state index in [-0.39, 0.29) is 18.4 Å². The summed E-state index contributed by atoms with van der Waals surface area (Å²) in [5, 5.41) is 1.44. The van der Waals surface area contributed by atoms with Crippen LogP contribution in [0.3, 0.4) is 0 Å². The zero-order chi connectivity index (χ0) is 14.0. The van der Waals surface area contributed by atoms with E-state index in [2.05, 4.69) is 9.97 Å². The lowest BCUT2D eigenvalue weighted by Gasteiger charge is -2.12. The van der Waals surface area contributed by atoms with Crippen molar-refractivity contribution in [3.05, 3.63) is 28.5 Å². The van der Waals surface area contributed by atoms with Gasteiger partial charge in [0.15, 0.2) is 6.61 Å². The maximum absolute atomic E-state index is 11.5. The minimum atomic E-state index is -0.167. The zero-order valence-electron chi connectivity index (χ0n) is 10.4. The van der Waals surface area contributed by atoms with Crippen molar-refractivity contribution in [2.24, 2.45) is 0 Å². The standard InChI is InChI=1S/C12H11Cl2N3O2/c1-17(2)10(18)5-19-12-8-3-7(13)4-9(14)11(8)15-6-16-12/h3-4,6H,5H2,1-2H3. The highest BCUT2D eigenvalue weighted by molar-refractivity contribution is 6.38. The highest BCUT2D eigenvalue weighted by Gasteiger charge is 2.12. The third-order valence-corrected chi connectivity index (χ3v) is 2.96. The van der Waals surface area contributed by atoms with Crippen molar-refractivity contribution in [3.8, 4) is 5.88 Å². The molecule has 2 aromatic rings. The summed E-state index contributed by atoms with van der Waals surface area (Å²) >= 11 is 12.0. The molecule has 0 aliphatic carbocycles.